The lowest BCUT2D eigenvalue weighted by Crippen LogP contribution is -2.02. The number of hydrogen-bond acceptors (Lipinski definition) is 3. The lowest BCUT2D eigenvalue weighted by atomic mass is 10.3. The predicted octanol–water partition coefficient (Wildman–Crippen LogP) is 1.51. The summed E-state index contributed by atoms with van der Waals surface area (Å²) >= 11 is 0. The molecule has 0 saturated heterocycles. The molecule has 0 radical (unpaired) electrons. The van der Waals surface area contributed by atoms with Crippen LogP contribution in [-0.4, -0.2) is 28.0 Å². The molecule has 2 aromatic rings. The topological polar surface area (TPSA) is 64.3 Å². The molecule has 0 amide bonds. The smallest absolute Gasteiger partial charge is 0.309 e. The monoisotopic (exact) mass is 232 g/mol. The molecule has 1 N–H and O–H groups in total. The molecular formula is C12H12N2O3. The summed E-state index contributed by atoms with van der Waals surface area (Å²) in [5, 5.41) is 12.8. The average molecular weight is 232 g/mol. The fourth-order valence-corrected chi connectivity index (χ4v) is 1.49. The van der Waals surface area contributed by atoms with Crippen LogP contribution in [0.3, 0.4) is 0 Å². The van der Waals surface area contributed by atoms with Gasteiger partial charge in [-0.3, -0.25) is 4.79 Å². The highest BCUT2D eigenvalue weighted by Gasteiger charge is 2.05. The molecule has 0 saturated carbocycles. The largest absolute Gasteiger partial charge is 0.497 e. The Bertz CT molecular complexity index is 517. The van der Waals surface area contributed by atoms with E-state index in [1.54, 1.807) is 24.1 Å². The van der Waals surface area contributed by atoms with Gasteiger partial charge < -0.3 is 9.84 Å². The summed E-state index contributed by atoms with van der Waals surface area (Å²) < 4.78 is 6.69. The van der Waals surface area contributed by atoms with Crippen LogP contribution in [0.2, 0.25) is 0 Å². The Balaban J connectivity index is 2.21. The van der Waals surface area contributed by atoms with Crippen molar-refractivity contribution in [3.05, 3.63) is 42.2 Å². The van der Waals surface area contributed by atoms with Crippen LogP contribution >= 0.6 is 0 Å². The summed E-state index contributed by atoms with van der Waals surface area (Å²) in [6.07, 6.45) is 1.67. The van der Waals surface area contributed by atoms with Crippen LogP contribution in [0, 0.1) is 0 Å². The second-order valence-corrected chi connectivity index (χ2v) is 3.52. The molecule has 5 heteroatoms. The highest BCUT2D eigenvalue weighted by atomic mass is 16.5. The maximum atomic E-state index is 10.5. The number of aromatic nitrogens is 2. The molecule has 0 aliphatic rings. The van der Waals surface area contributed by atoms with Crippen molar-refractivity contribution >= 4 is 5.97 Å². The molecule has 0 aliphatic carbocycles. The van der Waals surface area contributed by atoms with Crippen molar-refractivity contribution in [3.8, 4) is 11.4 Å². The van der Waals surface area contributed by atoms with E-state index in [1.807, 2.05) is 24.3 Å². The summed E-state index contributed by atoms with van der Waals surface area (Å²) in [6, 6.07) is 9.06. The van der Waals surface area contributed by atoms with Gasteiger partial charge in [-0.05, 0) is 30.3 Å². The van der Waals surface area contributed by atoms with Gasteiger partial charge in [-0.25, -0.2) is 4.68 Å². The van der Waals surface area contributed by atoms with E-state index in [0.717, 1.165) is 11.4 Å². The fraction of sp³-hybridized carbons (Fsp3) is 0.167. The van der Waals surface area contributed by atoms with Crippen LogP contribution in [0.25, 0.3) is 5.69 Å². The van der Waals surface area contributed by atoms with E-state index in [4.69, 9.17) is 9.84 Å². The quantitative estimate of drug-likeness (QED) is 0.867. The number of rotatable bonds is 4. The third-order valence-electron chi connectivity index (χ3n) is 2.31. The number of nitrogens with zero attached hydrogens (tertiary/aromatic N) is 2. The summed E-state index contributed by atoms with van der Waals surface area (Å²) in [4.78, 5) is 10.5. The number of carboxylic acids is 1. The number of ether oxygens (including phenoxy) is 1. The van der Waals surface area contributed by atoms with Crippen molar-refractivity contribution in [2.45, 2.75) is 6.42 Å². The Morgan fingerprint density at radius 1 is 1.35 bits per heavy atom. The Hall–Kier alpha value is -2.30. The van der Waals surface area contributed by atoms with Crippen molar-refractivity contribution in [2.24, 2.45) is 0 Å². The summed E-state index contributed by atoms with van der Waals surface area (Å²) in [6.45, 7) is 0. The van der Waals surface area contributed by atoms with Crippen molar-refractivity contribution in [3.63, 3.8) is 0 Å². The van der Waals surface area contributed by atoms with E-state index >= 15 is 0 Å². The summed E-state index contributed by atoms with van der Waals surface area (Å²) in [5.74, 6) is -0.114. The third kappa shape index (κ3) is 2.63. The number of hydrogen-bond donors (Lipinski definition) is 1. The molecule has 88 valence electrons. The van der Waals surface area contributed by atoms with Crippen LogP contribution in [0.15, 0.2) is 36.5 Å². The number of benzene rings is 1. The minimum atomic E-state index is -0.884. The van der Waals surface area contributed by atoms with E-state index < -0.39 is 5.97 Å². The fourth-order valence-electron chi connectivity index (χ4n) is 1.49. The van der Waals surface area contributed by atoms with Gasteiger partial charge in [-0.1, -0.05) is 0 Å². The molecule has 0 aliphatic heterocycles. The first-order valence-electron chi connectivity index (χ1n) is 5.10. The first kappa shape index (κ1) is 11.2. The van der Waals surface area contributed by atoms with Crippen LogP contribution in [0.1, 0.15) is 5.69 Å². The third-order valence-corrected chi connectivity index (χ3v) is 2.31. The first-order valence-corrected chi connectivity index (χ1v) is 5.10. The molecular weight excluding hydrogens is 220 g/mol. The molecule has 1 aromatic carbocycles. The number of methoxy groups -OCH3 is 1. The second-order valence-electron chi connectivity index (χ2n) is 3.52. The van der Waals surface area contributed by atoms with Gasteiger partial charge in [0.25, 0.3) is 0 Å². The zero-order valence-electron chi connectivity index (χ0n) is 9.33. The van der Waals surface area contributed by atoms with E-state index in [0.29, 0.717) is 5.69 Å². The minimum Gasteiger partial charge on any atom is -0.497 e. The Labute approximate surface area is 98.3 Å². The van der Waals surface area contributed by atoms with Gasteiger partial charge in [0.05, 0.1) is 24.9 Å². The van der Waals surface area contributed by atoms with Crippen molar-refractivity contribution < 1.29 is 14.6 Å². The normalized spacial score (nSPS) is 10.2. The van der Waals surface area contributed by atoms with Crippen molar-refractivity contribution in [1.29, 1.82) is 0 Å². The molecule has 2 rings (SSSR count). The van der Waals surface area contributed by atoms with Crippen molar-refractivity contribution in [1.82, 2.24) is 9.78 Å². The molecule has 0 atom stereocenters. The molecule has 17 heavy (non-hydrogen) atoms. The van der Waals surface area contributed by atoms with Gasteiger partial charge >= 0.3 is 5.97 Å². The van der Waals surface area contributed by atoms with Gasteiger partial charge in [0.15, 0.2) is 0 Å². The van der Waals surface area contributed by atoms with Gasteiger partial charge in [-0.15, -0.1) is 0 Å². The highest BCUT2D eigenvalue weighted by molar-refractivity contribution is 5.69. The molecule has 1 heterocycles. The van der Waals surface area contributed by atoms with Gasteiger partial charge in [0.1, 0.15) is 5.75 Å². The van der Waals surface area contributed by atoms with Crippen LogP contribution in [0.4, 0.5) is 0 Å². The van der Waals surface area contributed by atoms with E-state index in [9.17, 15) is 4.79 Å². The van der Waals surface area contributed by atoms with Crippen LogP contribution in [0.5, 0.6) is 5.75 Å². The second kappa shape index (κ2) is 4.69. The number of aliphatic carboxylic acids is 1. The molecule has 0 spiro atoms. The minimum absolute atomic E-state index is 0.0663. The first-order chi connectivity index (χ1) is 8.19. The molecule has 1 aromatic heterocycles. The predicted molar refractivity (Wildman–Crippen MR) is 61.5 cm³/mol. The summed E-state index contributed by atoms with van der Waals surface area (Å²) in [7, 11) is 1.61. The summed E-state index contributed by atoms with van der Waals surface area (Å²) in [5.41, 5.74) is 1.40. The SMILES string of the molecule is COc1ccc(-n2ccc(CC(=O)O)n2)cc1. The lowest BCUT2D eigenvalue weighted by molar-refractivity contribution is -0.136. The molecule has 0 fully saturated rings. The average Bonchev–Trinajstić information content (AvgIpc) is 2.77. The maximum Gasteiger partial charge on any atom is 0.309 e. The molecule has 0 bridgehead atoms. The molecule has 5 nitrogen and oxygen atoms in total. The van der Waals surface area contributed by atoms with E-state index in [1.165, 1.54) is 0 Å². The number of carboxylic acid groups (broad SMARTS) is 1. The Kier molecular flexibility index (Phi) is 3.09. The number of carbonyl (C=O) groups is 1. The van der Waals surface area contributed by atoms with Crippen LogP contribution < -0.4 is 4.74 Å². The van der Waals surface area contributed by atoms with Crippen LogP contribution in [-0.2, 0) is 11.2 Å². The molecule has 0 unspecified atom stereocenters. The van der Waals surface area contributed by atoms with E-state index in [-0.39, 0.29) is 6.42 Å². The Morgan fingerprint density at radius 3 is 2.65 bits per heavy atom. The van der Waals surface area contributed by atoms with E-state index in [2.05, 4.69) is 5.10 Å². The standard InChI is InChI=1S/C12H12N2O3/c1-17-11-4-2-10(3-5-11)14-7-6-9(13-14)8-12(15)16/h2-7H,8H2,1H3,(H,15,16). The highest BCUT2D eigenvalue weighted by Crippen LogP contribution is 2.14. The van der Waals surface area contributed by atoms with Gasteiger partial charge in [0, 0.05) is 6.20 Å². The Morgan fingerprint density at radius 2 is 2.06 bits per heavy atom. The zero-order chi connectivity index (χ0) is 12.3. The van der Waals surface area contributed by atoms with Gasteiger partial charge in [0.2, 0.25) is 0 Å². The lowest BCUT2D eigenvalue weighted by Gasteiger charge is -2.03. The zero-order valence-corrected chi connectivity index (χ0v) is 9.33. The van der Waals surface area contributed by atoms with Gasteiger partial charge in [-0.2, -0.15) is 5.10 Å². The van der Waals surface area contributed by atoms with Crippen molar-refractivity contribution in [2.75, 3.05) is 7.11 Å². The maximum absolute atomic E-state index is 10.5.